The van der Waals surface area contributed by atoms with Crippen molar-refractivity contribution in [2.24, 2.45) is 11.8 Å². The molecule has 31 heavy (non-hydrogen) atoms. The number of thiophene rings is 1. The number of anilines is 1. The number of aromatic nitrogens is 3. The maximum atomic E-state index is 12.9. The van der Waals surface area contributed by atoms with E-state index in [0.717, 1.165) is 61.6 Å². The molecular formula is C22H26F3N5S. The molecule has 2 aliphatic rings. The van der Waals surface area contributed by atoms with Crippen molar-refractivity contribution < 1.29 is 13.2 Å². The number of alkyl halides is 3. The molecule has 0 unspecified atom stereocenters. The number of aromatic amines is 1. The monoisotopic (exact) mass is 449 g/mol. The number of halogens is 3. The van der Waals surface area contributed by atoms with Gasteiger partial charge >= 0.3 is 6.18 Å². The van der Waals surface area contributed by atoms with Crippen molar-refractivity contribution >= 4 is 27.4 Å². The number of nitrogens with zero attached hydrogens (tertiary/aromatic N) is 4. The van der Waals surface area contributed by atoms with E-state index >= 15 is 0 Å². The second kappa shape index (κ2) is 8.09. The van der Waals surface area contributed by atoms with Gasteiger partial charge in [-0.05, 0) is 49.4 Å². The molecule has 2 aliphatic heterocycles. The van der Waals surface area contributed by atoms with E-state index in [1.165, 1.54) is 12.0 Å². The molecule has 5 nitrogen and oxygen atoms in total. The predicted molar refractivity (Wildman–Crippen MR) is 116 cm³/mol. The first-order valence-corrected chi connectivity index (χ1v) is 11.6. The van der Waals surface area contributed by atoms with Gasteiger partial charge in [-0.15, -0.1) is 11.3 Å². The molecule has 0 amide bonds. The molecule has 0 aliphatic carbocycles. The summed E-state index contributed by atoms with van der Waals surface area (Å²) < 4.78 is 38.6. The Morgan fingerprint density at radius 2 is 2.10 bits per heavy atom. The first-order chi connectivity index (χ1) is 14.9. The number of hydrogen-bond acceptors (Lipinski definition) is 5. The largest absolute Gasteiger partial charge is 0.393 e. The van der Waals surface area contributed by atoms with Crippen LogP contribution in [0.2, 0.25) is 0 Å². The van der Waals surface area contributed by atoms with Crippen LogP contribution in [-0.2, 0) is 13.0 Å². The molecule has 0 bridgehead atoms. The van der Waals surface area contributed by atoms with Crippen LogP contribution in [-0.4, -0.2) is 51.7 Å². The Balaban J connectivity index is 1.37. The van der Waals surface area contributed by atoms with Crippen LogP contribution >= 0.6 is 11.3 Å². The summed E-state index contributed by atoms with van der Waals surface area (Å²) in [6.45, 7) is 6.10. The van der Waals surface area contributed by atoms with Crippen molar-refractivity contribution in [1.82, 2.24) is 19.9 Å². The average Bonchev–Trinajstić information content (AvgIpc) is 3.37. The van der Waals surface area contributed by atoms with E-state index in [4.69, 9.17) is 0 Å². The SMILES string of the molecule is C[C@@H]1CCN(Cc2ccc[nH]2)[C@H]2CCN(c3ncnc4sc(CC(F)(F)F)cc34)C[C@@H]12. The molecule has 1 N–H and O–H groups in total. The molecule has 0 saturated carbocycles. The van der Waals surface area contributed by atoms with Gasteiger partial charge in [-0.1, -0.05) is 6.92 Å². The van der Waals surface area contributed by atoms with E-state index < -0.39 is 12.6 Å². The van der Waals surface area contributed by atoms with Crippen molar-refractivity contribution in [3.63, 3.8) is 0 Å². The highest BCUT2D eigenvalue weighted by Crippen LogP contribution is 2.39. The second-order valence-electron chi connectivity index (χ2n) is 8.82. The van der Waals surface area contributed by atoms with Gasteiger partial charge in [0.05, 0.1) is 11.8 Å². The Kier molecular flexibility index (Phi) is 5.42. The summed E-state index contributed by atoms with van der Waals surface area (Å²) in [5.41, 5.74) is 1.24. The first-order valence-electron chi connectivity index (χ1n) is 10.8. The van der Waals surface area contributed by atoms with Crippen molar-refractivity contribution in [3.8, 4) is 0 Å². The maximum absolute atomic E-state index is 12.9. The minimum Gasteiger partial charge on any atom is -0.364 e. The van der Waals surface area contributed by atoms with Gasteiger partial charge in [0, 0.05) is 42.4 Å². The number of likely N-dealkylation sites (tertiary alicyclic amines) is 1. The summed E-state index contributed by atoms with van der Waals surface area (Å²) in [6, 6.07) is 6.32. The zero-order chi connectivity index (χ0) is 21.6. The zero-order valence-electron chi connectivity index (χ0n) is 17.4. The topological polar surface area (TPSA) is 48.1 Å². The Morgan fingerprint density at radius 3 is 2.87 bits per heavy atom. The van der Waals surface area contributed by atoms with Gasteiger partial charge in [0.1, 0.15) is 17.0 Å². The Labute approximate surface area is 183 Å². The lowest BCUT2D eigenvalue weighted by Crippen LogP contribution is -2.56. The number of rotatable bonds is 4. The fraction of sp³-hybridized carbons (Fsp3) is 0.545. The second-order valence-corrected chi connectivity index (χ2v) is 9.93. The van der Waals surface area contributed by atoms with Gasteiger partial charge in [0.25, 0.3) is 0 Å². The van der Waals surface area contributed by atoms with Gasteiger partial charge in [-0.2, -0.15) is 13.2 Å². The van der Waals surface area contributed by atoms with Crippen LogP contribution < -0.4 is 4.90 Å². The molecule has 5 rings (SSSR count). The lowest BCUT2D eigenvalue weighted by Gasteiger charge is -2.50. The molecule has 0 aromatic carbocycles. The number of nitrogens with one attached hydrogen (secondary N) is 1. The van der Waals surface area contributed by atoms with E-state index in [1.54, 1.807) is 6.07 Å². The van der Waals surface area contributed by atoms with E-state index in [2.05, 4.69) is 37.7 Å². The third-order valence-electron chi connectivity index (χ3n) is 6.76. The van der Waals surface area contributed by atoms with Crippen LogP contribution in [0.3, 0.4) is 0 Å². The van der Waals surface area contributed by atoms with Crippen LogP contribution in [0.1, 0.15) is 30.3 Å². The minimum atomic E-state index is -4.22. The molecular weight excluding hydrogens is 423 g/mol. The summed E-state index contributed by atoms with van der Waals surface area (Å²) >= 11 is 1.12. The van der Waals surface area contributed by atoms with E-state index in [-0.39, 0.29) is 0 Å². The summed E-state index contributed by atoms with van der Waals surface area (Å²) in [4.78, 5) is 17.8. The molecule has 9 heteroatoms. The molecule has 0 radical (unpaired) electrons. The summed E-state index contributed by atoms with van der Waals surface area (Å²) in [5, 5.41) is 0.747. The van der Waals surface area contributed by atoms with Crippen molar-refractivity contribution in [1.29, 1.82) is 0 Å². The van der Waals surface area contributed by atoms with E-state index in [1.807, 2.05) is 12.3 Å². The number of H-pyrrole nitrogens is 1. The van der Waals surface area contributed by atoms with Crippen molar-refractivity contribution in [3.05, 3.63) is 41.3 Å². The summed E-state index contributed by atoms with van der Waals surface area (Å²) in [6.07, 6.45) is 0.509. The fourth-order valence-corrected chi connectivity index (χ4v) is 6.26. The smallest absolute Gasteiger partial charge is 0.364 e. The Morgan fingerprint density at radius 1 is 1.23 bits per heavy atom. The summed E-state index contributed by atoms with van der Waals surface area (Å²) in [7, 11) is 0. The predicted octanol–water partition coefficient (Wildman–Crippen LogP) is 4.86. The lowest BCUT2D eigenvalue weighted by molar-refractivity contribution is -0.126. The van der Waals surface area contributed by atoms with Crippen molar-refractivity contribution in [2.75, 3.05) is 24.5 Å². The highest BCUT2D eigenvalue weighted by Gasteiger charge is 2.40. The lowest BCUT2D eigenvalue weighted by atomic mass is 9.76. The van der Waals surface area contributed by atoms with Gasteiger partial charge in [-0.25, -0.2) is 9.97 Å². The number of fused-ring (bicyclic) bond motifs is 2. The van der Waals surface area contributed by atoms with Crippen LogP contribution in [0.4, 0.5) is 19.0 Å². The van der Waals surface area contributed by atoms with Crippen LogP contribution in [0, 0.1) is 11.8 Å². The Hall–Kier alpha value is -2.13. The maximum Gasteiger partial charge on any atom is 0.393 e. The van der Waals surface area contributed by atoms with Gasteiger partial charge in [0.2, 0.25) is 0 Å². The van der Waals surface area contributed by atoms with Gasteiger partial charge in [0.15, 0.2) is 0 Å². The first kappa shape index (κ1) is 20.8. The Bertz CT molecular complexity index is 1030. The van der Waals surface area contributed by atoms with Crippen molar-refractivity contribution in [2.45, 2.75) is 44.9 Å². The molecule has 166 valence electrons. The summed E-state index contributed by atoms with van der Waals surface area (Å²) in [5.74, 6) is 1.89. The number of hydrogen-bond donors (Lipinski definition) is 1. The molecule has 5 heterocycles. The molecule has 2 fully saturated rings. The highest BCUT2D eigenvalue weighted by molar-refractivity contribution is 7.18. The molecule has 2 saturated heterocycles. The quantitative estimate of drug-likeness (QED) is 0.618. The zero-order valence-corrected chi connectivity index (χ0v) is 18.2. The van der Waals surface area contributed by atoms with Crippen LogP contribution in [0.5, 0.6) is 0 Å². The van der Waals surface area contributed by atoms with Gasteiger partial charge in [-0.3, -0.25) is 4.90 Å². The third-order valence-corrected chi connectivity index (χ3v) is 7.80. The standard InChI is InChI=1S/C22H26F3N5S/c1-14-4-7-29(11-15-3-2-6-26-15)19-5-8-30(12-18(14)19)20-17-9-16(10-22(23,24)25)31-21(17)28-13-27-20/h2-3,6,9,13-14,18-19,26H,4-5,7-8,10-12H2,1H3/t14-,18+,19+/m1/s1. The minimum absolute atomic E-state index is 0.294. The van der Waals surface area contributed by atoms with Crippen LogP contribution in [0.25, 0.3) is 10.2 Å². The van der Waals surface area contributed by atoms with Gasteiger partial charge < -0.3 is 9.88 Å². The number of piperidine rings is 2. The molecule has 3 aromatic rings. The van der Waals surface area contributed by atoms with E-state index in [0.29, 0.717) is 27.6 Å². The average molecular weight is 450 g/mol. The normalized spacial score (nSPS) is 25.2. The fourth-order valence-electron chi connectivity index (χ4n) is 5.23. The molecule has 0 spiro atoms. The molecule has 3 aromatic heterocycles. The highest BCUT2D eigenvalue weighted by atomic mass is 32.1. The van der Waals surface area contributed by atoms with Crippen LogP contribution in [0.15, 0.2) is 30.7 Å². The third kappa shape index (κ3) is 4.30. The van der Waals surface area contributed by atoms with E-state index in [9.17, 15) is 13.2 Å². The molecule has 3 atom stereocenters.